The molecule has 0 bridgehead atoms. The Kier molecular flexibility index (Phi) is 5.67. The first-order valence-corrected chi connectivity index (χ1v) is 6.87. The molecular formula is C15H15N3O3S. The first kappa shape index (κ1) is 15.7. The van der Waals surface area contributed by atoms with Crippen molar-refractivity contribution in [1.82, 2.24) is 10.7 Å². The van der Waals surface area contributed by atoms with Gasteiger partial charge in [-0.2, -0.15) is 5.10 Å². The number of nitrogens with one attached hydrogen (secondary N) is 2. The summed E-state index contributed by atoms with van der Waals surface area (Å²) >= 11 is 5.07. The highest BCUT2D eigenvalue weighted by Gasteiger charge is 2.03. The average Bonchev–Trinajstić information content (AvgIpc) is 3.06. The maximum atomic E-state index is 11.3. The lowest BCUT2D eigenvalue weighted by Gasteiger charge is -2.04. The summed E-state index contributed by atoms with van der Waals surface area (Å²) in [5, 5.41) is 7.35. The van der Waals surface area contributed by atoms with E-state index in [0.29, 0.717) is 17.2 Å². The smallest absolute Gasteiger partial charge is 0.337 e. The van der Waals surface area contributed by atoms with Crippen molar-refractivity contribution in [3.05, 3.63) is 59.5 Å². The summed E-state index contributed by atoms with van der Waals surface area (Å²) in [6, 6.07) is 10.5. The largest absolute Gasteiger partial charge is 0.467 e. The van der Waals surface area contributed by atoms with Gasteiger partial charge < -0.3 is 14.5 Å². The third kappa shape index (κ3) is 4.71. The van der Waals surface area contributed by atoms with E-state index in [1.165, 1.54) is 7.11 Å². The van der Waals surface area contributed by atoms with Crippen molar-refractivity contribution < 1.29 is 13.9 Å². The zero-order valence-corrected chi connectivity index (χ0v) is 12.7. The van der Waals surface area contributed by atoms with E-state index in [4.69, 9.17) is 16.6 Å². The van der Waals surface area contributed by atoms with E-state index in [1.807, 2.05) is 12.1 Å². The number of methoxy groups -OCH3 is 1. The first-order valence-electron chi connectivity index (χ1n) is 6.46. The van der Waals surface area contributed by atoms with Crippen LogP contribution in [0.25, 0.3) is 0 Å². The Balaban J connectivity index is 1.79. The van der Waals surface area contributed by atoms with Crippen molar-refractivity contribution in [1.29, 1.82) is 0 Å². The first-order chi connectivity index (χ1) is 10.7. The van der Waals surface area contributed by atoms with Gasteiger partial charge in [-0.3, -0.25) is 5.43 Å². The molecule has 0 aliphatic carbocycles. The number of nitrogens with zero attached hydrogens (tertiary/aromatic N) is 1. The van der Waals surface area contributed by atoms with Gasteiger partial charge in [0.1, 0.15) is 5.76 Å². The topological polar surface area (TPSA) is 75.9 Å². The van der Waals surface area contributed by atoms with Crippen molar-refractivity contribution >= 4 is 29.5 Å². The van der Waals surface area contributed by atoms with Crippen molar-refractivity contribution in [3.63, 3.8) is 0 Å². The summed E-state index contributed by atoms with van der Waals surface area (Å²) < 4.78 is 9.80. The van der Waals surface area contributed by atoms with Gasteiger partial charge in [-0.15, -0.1) is 0 Å². The SMILES string of the molecule is COC(=O)c1ccc(/C=N\NC(=S)NCc2ccco2)cc1. The van der Waals surface area contributed by atoms with Crippen LogP contribution in [-0.4, -0.2) is 24.4 Å². The van der Waals surface area contributed by atoms with Gasteiger partial charge in [-0.1, -0.05) is 12.1 Å². The van der Waals surface area contributed by atoms with E-state index in [-0.39, 0.29) is 5.97 Å². The van der Waals surface area contributed by atoms with Crippen molar-refractivity contribution in [2.24, 2.45) is 5.10 Å². The van der Waals surface area contributed by atoms with E-state index in [2.05, 4.69) is 20.6 Å². The molecular weight excluding hydrogens is 302 g/mol. The molecule has 0 spiro atoms. The van der Waals surface area contributed by atoms with E-state index in [9.17, 15) is 4.79 Å². The van der Waals surface area contributed by atoms with Gasteiger partial charge in [-0.25, -0.2) is 4.79 Å². The Morgan fingerprint density at radius 2 is 2.14 bits per heavy atom. The number of ether oxygens (including phenoxy) is 1. The van der Waals surface area contributed by atoms with E-state index >= 15 is 0 Å². The molecule has 0 unspecified atom stereocenters. The molecule has 1 aromatic heterocycles. The van der Waals surface area contributed by atoms with Gasteiger partial charge >= 0.3 is 5.97 Å². The molecule has 114 valence electrons. The maximum absolute atomic E-state index is 11.3. The predicted octanol–water partition coefficient (Wildman–Crippen LogP) is 2.06. The third-order valence-electron chi connectivity index (χ3n) is 2.71. The van der Waals surface area contributed by atoms with Gasteiger partial charge in [0.05, 0.1) is 31.7 Å². The maximum Gasteiger partial charge on any atom is 0.337 e. The highest BCUT2D eigenvalue weighted by atomic mass is 32.1. The van der Waals surface area contributed by atoms with Crippen LogP contribution >= 0.6 is 12.2 Å². The Labute approximate surface area is 133 Å². The molecule has 0 saturated carbocycles. The Morgan fingerprint density at radius 3 is 2.77 bits per heavy atom. The quantitative estimate of drug-likeness (QED) is 0.380. The summed E-state index contributed by atoms with van der Waals surface area (Å²) in [6.45, 7) is 0.488. The number of rotatable bonds is 5. The van der Waals surface area contributed by atoms with Crippen LogP contribution in [0, 0.1) is 0 Å². The highest BCUT2D eigenvalue weighted by Crippen LogP contribution is 2.03. The lowest BCUT2D eigenvalue weighted by Crippen LogP contribution is -2.31. The van der Waals surface area contributed by atoms with Crippen LogP contribution in [0.15, 0.2) is 52.2 Å². The number of thiocarbonyl (C=S) groups is 1. The second-order valence-corrected chi connectivity index (χ2v) is 4.65. The molecule has 0 saturated heterocycles. The molecule has 2 aromatic rings. The molecule has 0 fully saturated rings. The number of hydrogen-bond acceptors (Lipinski definition) is 5. The molecule has 1 aromatic carbocycles. The molecule has 0 atom stereocenters. The van der Waals surface area contributed by atoms with Crippen LogP contribution in [0.2, 0.25) is 0 Å². The molecule has 0 amide bonds. The molecule has 1 heterocycles. The summed E-state index contributed by atoms with van der Waals surface area (Å²) in [4.78, 5) is 11.3. The fourth-order valence-electron chi connectivity index (χ4n) is 1.61. The van der Waals surface area contributed by atoms with Gasteiger partial charge in [0.25, 0.3) is 0 Å². The zero-order chi connectivity index (χ0) is 15.8. The fourth-order valence-corrected chi connectivity index (χ4v) is 1.73. The van der Waals surface area contributed by atoms with Crippen LogP contribution in [0.4, 0.5) is 0 Å². The van der Waals surface area contributed by atoms with Crippen LogP contribution in [0.5, 0.6) is 0 Å². The van der Waals surface area contributed by atoms with Gasteiger partial charge in [0, 0.05) is 0 Å². The summed E-state index contributed by atoms with van der Waals surface area (Å²) in [7, 11) is 1.35. The van der Waals surface area contributed by atoms with Crippen LogP contribution < -0.4 is 10.7 Å². The third-order valence-corrected chi connectivity index (χ3v) is 2.95. The Bertz CT molecular complexity index is 651. The van der Waals surface area contributed by atoms with Gasteiger partial charge in [0.2, 0.25) is 0 Å². The Hall–Kier alpha value is -2.67. The van der Waals surface area contributed by atoms with E-state index in [1.54, 1.807) is 36.7 Å². The van der Waals surface area contributed by atoms with Crippen LogP contribution in [0.3, 0.4) is 0 Å². The van der Waals surface area contributed by atoms with Gasteiger partial charge in [-0.05, 0) is 42.0 Å². The minimum Gasteiger partial charge on any atom is -0.467 e. The molecule has 0 aliphatic rings. The zero-order valence-electron chi connectivity index (χ0n) is 11.9. The standard InChI is InChI=1S/C15H15N3O3S/c1-20-14(19)12-6-4-11(5-7-12)9-17-18-15(22)16-10-13-3-2-8-21-13/h2-9H,10H2,1H3,(H2,16,18,22)/b17-9-. The van der Waals surface area contributed by atoms with Gasteiger partial charge in [0.15, 0.2) is 5.11 Å². The molecule has 0 radical (unpaired) electrons. The van der Waals surface area contributed by atoms with E-state index < -0.39 is 0 Å². The molecule has 2 N–H and O–H groups in total. The van der Waals surface area contributed by atoms with E-state index in [0.717, 1.165) is 11.3 Å². The monoisotopic (exact) mass is 317 g/mol. The molecule has 7 heteroatoms. The minimum atomic E-state index is -0.370. The summed E-state index contributed by atoms with van der Waals surface area (Å²) in [6.07, 6.45) is 3.20. The lowest BCUT2D eigenvalue weighted by molar-refractivity contribution is 0.0600. The summed E-state index contributed by atoms with van der Waals surface area (Å²) in [5.41, 5.74) is 4.02. The van der Waals surface area contributed by atoms with Crippen LogP contribution in [-0.2, 0) is 11.3 Å². The summed E-state index contributed by atoms with van der Waals surface area (Å²) in [5.74, 6) is 0.413. The molecule has 0 aliphatic heterocycles. The molecule has 6 nitrogen and oxygen atoms in total. The van der Waals surface area contributed by atoms with Crippen molar-refractivity contribution in [3.8, 4) is 0 Å². The number of carbonyl (C=O) groups excluding carboxylic acids is 1. The molecule has 2 rings (SSSR count). The number of hydrazone groups is 1. The Morgan fingerprint density at radius 1 is 1.36 bits per heavy atom. The molecule has 22 heavy (non-hydrogen) atoms. The van der Waals surface area contributed by atoms with Crippen LogP contribution in [0.1, 0.15) is 21.7 Å². The normalized spacial score (nSPS) is 10.4. The number of benzene rings is 1. The second kappa shape index (κ2) is 7.94. The number of hydrogen-bond donors (Lipinski definition) is 2. The minimum absolute atomic E-state index is 0.370. The fraction of sp³-hybridized carbons (Fsp3) is 0.133. The average molecular weight is 317 g/mol. The number of esters is 1. The number of carbonyl (C=O) groups is 1. The van der Waals surface area contributed by atoms with Crippen molar-refractivity contribution in [2.75, 3.05) is 7.11 Å². The van der Waals surface area contributed by atoms with Crippen molar-refractivity contribution in [2.45, 2.75) is 6.54 Å². The number of furan rings is 1. The lowest BCUT2D eigenvalue weighted by atomic mass is 10.1. The second-order valence-electron chi connectivity index (χ2n) is 4.25. The predicted molar refractivity (Wildman–Crippen MR) is 86.7 cm³/mol. The highest BCUT2D eigenvalue weighted by molar-refractivity contribution is 7.80.